The van der Waals surface area contributed by atoms with E-state index in [1.165, 1.54) is 6.20 Å². The fourth-order valence-electron chi connectivity index (χ4n) is 2.59. The van der Waals surface area contributed by atoms with Crippen LogP contribution in [-0.4, -0.2) is 33.9 Å². The quantitative estimate of drug-likeness (QED) is 0.795. The van der Waals surface area contributed by atoms with E-state index in [4.69, 9.17) is 4.74 Å². The zero-order chi connectivity index (χ0) is 16.2. The maximum absolute atomic E-state index is 11.9. The van der Waals surface area contributed by atoms with Crippen molar-refractivity contribution in [3.8, 4) is 5.75 Å². The molecule has 6 nitrogen and oxygen atoms in total. The van der Waals surface area contributed by atoms with E-state index >= 15 is 0 Å². The van der Waals surface area contributed by atoms with Crippen molar-refractivity contribution in [3.05, 3.63) is 24.0 Å². The molecule has 0 radical (unpaired) electrons. The standard InChI is InChI=1S/C16H25N3O3/c1-16(2,3)22-15(21)19-14-6-4-5-13(14)18-9-11-7-8-12(20)10-17-11/h7-8,10,13-14,18,20H,4-6,9H2,1-3H3,(H,19,21). The number of carbonyl (C=O) groups excluding carboxylic acids is 1. The van der Waals surface area contributed by atoms with Gasteiger partial charge in [0.05, 0.1) is 11.9 Å². The van der Waals surface area contributed by atoms with E-state index in [2.05, 4.69) is 15.6 Å². The van der Waals surface area contributed by atoms with E-state index in [1.807, 2.05) is 20.8 Å². The van der Waals surface area contributed by atoms with Crippen LogP contribution in [0.1, 0.15) is 45.7 Å². The van der Waals surface area contributed by atoms with Gasteiger partial charge in [-0.25, -0.2) is 4.79 Å². The van der Waals surface area contributed by atoms with Crippen molar-refractivity contribution in [1.82, 2.24) is 15.6 Å². The van der Waals surface area contributed by atoms with E-state index < -0.39 is 5.60 Å². The number of nitrogens with one attached hydrogen (secondary N) is 2. The number of aromatic nitrogens is 1. The minimum atomic E-state index is -0.485. The molecule has 1 aromatic heterocycles. The van der Waals surface area contributed by atoms with E-state index in [0.29, 0.717) is 6.54 Å². The summed E-state index contributed by atoms with van der Waals surface area (Å²) in [6.07, 6.45) is 4.09. The zero-order valence-corrected chi connectivity index (χ0v) is 13.4. The Labute approximate surface area is 131 Å². The molecule has 2 unspecified atom stereocenters. The third-order valence-electron chi connectivity index (χ3n) is 3.57. The topological polar surface area (TPSA) is 83.5 Å². The van der Waals surface area contributed by atoms with E-state index in [-0.39, 0.29) is 23.9 Å². The summed E-state index contributed by atoms with van der Waals surface area (Å²) >= 11 is 0. The molecule has 1 amide bonds. The van der Waals surface area contributed by atoms with Crippen LogP contribution in [0.2, 0.25) is 0 Å². The molecule has 0 bridgehead atoms. The normalized spacial score (nSPS) is 21.6. The second-order valence-corrected chi connectivity index (χ2v) is 6.68. The van der Waals surface area contributed by atoms with Gasteiger partial charge < -0.3 is 20.5 Å². The van der Waals surface area contributed by atoms with Gasteiger partial charge in [-0.15, -0.1) is 0 Å². The summed E-state index contributed by atoms with van der Waals surface area (Å²) in [7, 11) is 0. The number of hydrogen-bond acceptors (Lipinski definition) is 5. The summed E-state index contributed by atoms with van der Waals surface area (Å²) in [5.41, 5.74) is 0.377. The smallest absolute Gasteiger partial charge is 0.407 e. The summed E-state index contributed by atoms with van der Waals surface area (Å²) in [6, 6.07) is 3.69. The molecule has 0 spiro atoms. The van der Waals surface area contributed by atoms with Crippen molar-refractivity contribution in [2.24, 2.45) is 0 Å². The molecule has 0 aliphatic heterocycles. The lowest BCUT2D eigenvalue weighted by Crippen LogP contribution is -2.47. The van der Waals surface area contributed by atoms with E-state index in [1.54, 1.807) is 12.1 Å². The van der Waals surface area contributed by atoms with Crippen LogP contribution in [0.15, 0.2) is 18.3 Å². The molecule has 1 aliphatic carbocycles. The monoisotopic (exact) mass is 307 g/mol. The summed E-state index contributed by atoms with van der Waals surface area (Å²) in [4.78, 5) is 16.0. The second-order valence-electron chi connectivity index (χ2n) is 6.68. The Bertz CT molecular complexity index is 496. The molecule has 1 aromatic rings. The first-order chi connectivity index (χ1) is 10.3. The molecule has 1 heterocycles. The first-order valence-electron chi connectivity index (χ1n) is 7.70. The van der Waals surface area contributed by atoms with Crippen molar-refractivity contribution in [1.29, 1.82) is 0 Å². The summed E-state index contributed by atoms with van der Waals surface area (Å²) in [5, 5.41) is 15.6. The molecule has 3 N–H and O–H groups in total. The number of rotatable bonds is 4. The number of alkyl carbamates (subject to hydrolysis) is 1. The molecule has 2 atom stereocenters. The van der Waals surface area contributed by atoms with Crippen LogP contribution in [0, 0.1) is 0 Å². The Kier molecular flexibility index (Phi) is 5.24. The Morgan fingerprint density at radius 3 is 2.73 bits per heavy atom. The number of amides is 1. The Balaban J connectivity index is 1.82. The molecule has 1 saturated carbocycles. The lowest BCUT2D eigenvalue weighted by Gasteiger charge is -2.25. The highest BCUT2D eigenvalue weighted by Crippen LogP contribution is 2.20. The predicted octanol–water partition coefficient (Wildman–Crippen LogP) is 2.32. The number of pyridine rings is 1. The minimum Gasteiger partial charge on any atom is -0.506 e. The molecule has 0 saturated heterocycles. The molecule has 122 valence electrons. The van der Waals surface area contributed by atoms with Gasteiger partial charge in [0.15, 0.2) is 0 Å². The van der Waals surface area contributed by atoms with Crippen molar-refractivity contribution >= 4 is 6.09 Å². The fourth-order valence-corrected chi connectivity index (χ4v) is 2.59. The highest BCUT2D eigenvalue weighted by Gasteiger charge is 2.29. The van der Waals surface area contributed by atoms with Gasteiger partial charge in [-0.3, -0.25) is 4.98 Å². The highest BCUT2D eigenvalue weighted by molar-refractivity contribution is 5.68. The van der Waals surface area contributed by atoms with Crippen LogP contribution in [0.25, 0.3) is 0 Å². The molecule has 0 aromatic carbocycles. The maximum atomic E-state index is 11.9. The Morgan fingerprint density at radius 1 is 1.36 bits per heavy atom. The lowest BCUT2D eigenvalue weighted by atomic mass is 10.1. The average molecular weight is 307 g/mol. The van der Waals surface area contributed by atoms with Gasteiger partial charge in [0.2, 0.25) is 0 Å². The van der Waals surface area contributed by atoms with Crippen LogP contribution in [0.3, 0.4) is 0 Å². The number of aromatic hydroxyl groups is 1. The van der Waals surface area contributed by atoms with Gasteiger partial charge in [0, 0.05) is 18.6 Å². The third-order valence-corrected chi connectivity index (χ3v) is 3.57. The fraction of sp³-hybridized carbons (Fsp3) is 0.625. The number of carbonyl (C=O) groups is 1. The molecule has 1 aliphatic rings. The first-order valence-corrected chi connectivity index (χ1v) is 7.70. The Morgan fingerprint density at radius 2 is 2.09 bits per heavy atom. The number of hydrogen-bond donors (Lipinski definition) is 3. The van der Waals surface area contributed by atoms with Crippen molar-refractivity contribution in [2.45, 2.75) is 64.3 Å². The molecular weight excluding hydrogens is 282 g/mol. The van der Waals surface area contributed by atoms with Gasteiger partial charge >= 0.3 is 6.09 Å². The van der Waals surface area contributed by atoms with Crippen LogP contribution in [-0.2, 0) is 11.3 Å². The molecular formula is C16H25N3O3. The van der Waals surface area contributed by atoms with E-state index in [9.17, 15) is 9.90 Å². The van der Waals surface area contributed by atoms with Crippen LogP contribution < -0.4 is 10.6 Å². The maximum Gasteiger partial charge on any atom is 0.407 e. The van der Waals surface area contributed by atoms with Gasteiger partial charge in [-0.05, 0) is 52.2 Å². The highest BCUT2D eigenvalue weighted by atomic mass is 16.6. The largest absolute Gasteiger partial charge is 0.506 e. The molecule has 6 heteroatoms. The molecule has 22 heavy (non-hydrogen) atoms. The van der Waals surface area contributed by atoms with Crippen LogP contribution >= 0.6 is 0 Å². The zero-order valence-electron chi connectivity index (χ0n) is 13.4. The van der Waals surface area contributed by atoms with E-state index in [0.717, 1.165) is 25.0 Å². The number of ether oxygens (including phenoxy) is 1. The van der Waals surface area contributed by atoms with Gasteiger partial charge in [0.1, 0.15) is 11.4 Å². The lowest BCUT2D eigenvalue weighted by molar-refractivity contribution is 0.0498. The summed E-state index contributed by atoms with van der Waals surface area (Å²) in [6.45, 7) is 6.17. The average Bonchev–Trinajstić information content (AvgIpc) is 2.83. The predicted molar refractivity (Wildman–Crippen MR) is 83.5 cm³/mol. The third kappa shape index (κ3) is 5.18. The van der Waals surface area contributed by atoms with Crippen molar-refractivity contribution in [2.75, 3.05) is 0 Å². The van der Waals surface area contributed by atoms with Gasteiger partial charge in [-0.2, -0.15) is 0 Å². The SMILES string of the molecule is CC(C)(C)OC(=O)NC1CCCC1NCc1ccc(O)cn1. The van der Waals surface area contributed by atoms with Gasteiger partial charge in [0.25, 0.3) is 0 Å². The van der Waals surface area contributed by atoms with Crippen molar-refractivity contribution < 1.29 is 14.6 Å². The van der Waals surface area contributed by atoms with Crippen LogP contribution in [0.4, 0.5) is 4.79 Å². The number of nitrogens with zero attached hydrogens (tertiary/aromatic N) is 1. The summed E-state index contributed by atoms with van der Waals surface area (Å²) < 4.78 is 5.31. The second kappa shape index (κ2) is 6.96. The van der Waals surface area contributed by atoms with Gasteiger partial charge in [-0.1, -0.05) is 0 Å². The van der Waals surface area contributed by atoms with Crippen molar-refractivity contribution in [3.63, 3.8) is 0 Å². The minimum absolute atomic E-state index is 0.0759. The first kappa shape index (κ1) is 16.5. The Hall–Kier alpha value is -1.82. The van der Waals surface area contributed by atoms with Crippen LogP contribution in [0.5, 0.6) is 5.75 Å². The molecule has 1 fully saturated rings. The molecule has 2 rings (SSSR count). The summed E-state index contributed by atoms with van der Waals surface area (Å²) in [5.74, 6) is 0.161.